The van der Waals surface area contributed by atoms with E-state index in [0.29, 0.717) is 5.30 Å². The van der Waals surface area contributed by atoms with Crippen LogP contribution < -0.4 is 5.30 Å². The van der Waals surface area contributed by atoms with Gasteiger partial charge in [0.05, 0.1) is 0 Å². The van der Waals surface area contributed by atoms with Gasteiger partial charge >= 0.3 is 149 Å². The molecule has 1 atom stereocenters. The van der Waals surface area contributed by atoms with Crippen LogP contribution in [0.5, 0.6) is 0 Å². The van der Waals surface area contributed by atoms with Crippen molar-refractivity contribution in [1.29, 1.82) is 0 Å². The van der Waals surface area contributed by atoms with Gasteiger partial charge in [0.1, 0.15) is 0 Å². The molecule has 0 aromatic heterocycles. The summed E-state index contributed by atoms with van der Waals surface area (Å²) in [5.41, 5.74) is 0. The molecule has 0 heterocycles. The van der Waals surface area contributed by atoms with E-state index in [2.05, 4.69) is 54.4 Å². The molecule has 0 aliphatic carbocycles. The van der Waals surface area contributed by atoms with Crippen molar-refractivity contribution in [2.45, 2.75) is 27.7 Å². The molecule has 0 saturated carbocycles. The van der Waals surface area contributed by atoms with E-state index >= 15 is 0 Å². The first-order valence-electron chi connectivity index (χ1n) is 8.93. The van der Waals surface area contributed by atoms with Crippen LogP contribution in [-0.2, 0) is 13.2 Å². The Morgan fingerprint density at radius 1 is 0.792 bits per heavy atom. The molecular weight excluding hydrogens is 357 g/mol. The van der Waals surface area contributed by atoms with Crippen LogP contribution in [0, 0.1) is 0 Å². The Balaban J connectivity index is 3.53. The van der Waals surface area contributed by atoms with Crippen LogP contribution >= 0.6 is 21.3 Å². The minimum absolute atomic E-state index is 0.684. The Bertz CT molecular complexity index is 568. The summed E-state index contributed by atoms with van der Waals surface area (Å²) in [7, 11) is -3.40. The molecule has 0 radical (unpaired) electrons. The van der Waals surface area contributed by atoms with Gasteiger partial charge in [-0.05, 0) is 0 Å². The van der Waals surface area contributed by atoms with Gasteiger partial charge in [0.15, 0.2) is 0 Å². The second-order valence-corrected chi connectivity index (χ2v) is 24.4. The summed E-state index contributed by atoms with van der Waals surface area (Å²) in [4.78, 5) is 0. The van der Waals surface area contributed by atoms with Crippen molar-refractivity contribution in [1.82, 2.24) is 0 Å². The Kier molecular flexibility index (Phi) is 6.58. The summed E-state index contributed by atoms with van der Waals surface area (Å²) < 4.78 is 27.2. The third kappa shape index (κ3) is 5.12. The van der Waals surface area contributed by atoms with Crippen LogP contribution in [0.15, 0.2) is 30.3 Å². The van der Waals surface area contributed by atoms with Crippen molar-refractivity contribution in [2.75, 3.05) is 51.3 Å². The van der Waals surface area contributed by atoms with Crippen molar-refractivity contribution >= 4 is 26.6 Å². The van der Waals surface area contributed by atoms with Gasteiger partial charge in [-0.3, -0.25) is 0 Å². The quantitative estimate of drug-likeness (QED) is 0.477. The molecule has 6 heteroatoms. The normalized spacial score (nSPS) is 18.8. The van der Waals surface area contributed by atoms with Crippen molar-refractivity contribution in [3.63, 3.8) is 0 Å². The molecular formula is C18H37O3P3. The van der Waals surface area contributed by atoms with Crippen molar-refractivity contribution in [3.8, 4) is 0 Å². The molecule has 1 aromatic carbocycles. The van der Waals surface area contributed by atoms with E-state index in [4.69, 9.17) is 8.62 Å². The first-order valence-corrected chi connectivity index (χ1v) is 17.3. The average Bonchev–Trinajstić information content (AvgIpc) is 2.52. The van der Waals surface area contributed by atoms with Gasteiger partial charge in [-0.1, -0.05) is 0 Å². The van der Waals surface area contributed by atoms with Crippen molar-refractivity contribution in [3.05, 3.63) is 30.3 Å². The van der Waals surface area contributed by atoms with Crippen LogP contribution in [0.2, 0.25) is 0 Å². The van der Waals surface area contributed by atoms with E-state index in [1.807, 2.05) is 30.3 Å². The first-order chi connectivity index (χ1) is 10.8. The van der Waals surface area contributed by atoms with E-state index < -0.39 is 21.3 Å². The molecule has 1 rings (SSSR count). The summed E-state index contributed by atoms with van der Waals surface area (Å²) in [6.07, 6.45) is 3.75. The van der Waals surface area contributed by atoms with Gasteiger partial charge in [0.25, 0.3) is 0 Å². The molecule has 0 aliphatic heterocycles. The maximum absolute atomic E-state index is 14.1. The standard InChI is InChI=1S/C18H37O3P3/c1-9-24(10-2,11-3,12-4)21-22(19,20-23(5,6,7)8)18-16-14-13-15-17-18/h13-17H,9-12H2,1-8H3. The molecule has 0 fully saturated rings. The van der Waals surface area contributed by atoms with E-state index in [1.165, 1.54) is 0 Å². The molecule has 142 valence electrons. The topological polar surface area (TPSA) is 35.5 Å². The summed E-state index contributed by atoms with van der Waals surface area (Å²) in [5.74, 6) is 0. The van der Waals surface area contributed by atoms with E-state index in [-0.39, 0.29) is 0 Å². The number of hydrogen-bond acceptors (Lipinski definition) is 3. The maximum atomic E-state index is 14.1. The zero-order chi connectivity index (χ0) is 18.7. The number of benzene rings is 1. The van der Waals surface area contributed by atoms with E-state index in [9.17, 15) is 4.57 Å². The summed E-state index contributed by atoms with van der Waals surface area (Å²) in [5, 5.41) is 0.684. The van der Waals surface area contributed by atoms with Gasteiger partial charge in [0.2, 0.25) is 0 Å². The van der Waals surface area contributed by atoms with Crippen molar-refractivity contribution in [2.24, 2.45) is 0 Å². The molecule has 3 nitrogen and oxygen atoms in total. The van der Waals surface area contributed by atoms with Crippen LogP contribution in [0.25, 0.3) is 0 Å². The second-order valence-electron chi connectivity index (χ2n) is 8.53. The van der Waals surface area contributed by atoms with Gasteiger partial charge < -0.3 is 0 Å². The predicted octanol–water partition coefficient (Wildman–Crippen LogP) is 6.07. The van der Waals surface area contributed by atoms with Crippen LogP contribution in [0.4, 0.5) is 0 Å². The molecule has 24 heavy (non-hydrogen) atoms. The van der Waals surface area contributed by atoms with E-state index in [0.717, 1.165) is 24.6 Å². The third-order valence-electron chi connectivity index (χ3n) is 5.04. The first kappa shape index (κ1) is 22.3. The third-order valence-corrected chi connectivity index (χ3v) is 18.6. The number of rotatable bonds is 9. The summed E-state index contributed by atoms with van der Waals surface area (Å²) >= 11 is 0. The number of hydrogen-bond donors (Lipinski definition) is 0. The average molecular weight is 394 g/mol. The fourth-order valence-corrected chi connectivity index (χ4v) is 15.1. The zero-order valence-corrected chi connectivity index (χ0v) is 19.5. The second kappa shape index (κ2) is 7.09. The van der Waals surface area contributed by atoms with Gasteiger partial charge in [-0.25, -0.2) is 0 Å². The fraction of sp³-hybridized carbons (Fsp3) is 0.667. The molecule has 0 aliphatic rings. The van der Waals surface area contributed by atoms with Crippen molar-refractivity contribution < 1.29 is 13.2 Å². The van der Waals surface area contributed by atoms with Gasteiger partial charge in [-0.15, -0.1) is 0 Å². The Morgan fingerprint density at radius 2 is 1.21 bits per heavy atom. The van der Waals surface area contributed by atoms with Gasteiger partial charge in [0, 0.05) is 0 Å². The molecule has 1 aromatic rings. The molecule has 0 spiro atoms. The predicted molar refractivity (Wildman–Crippen MR) is 116 cm³/mol. The zero-order valence-electron chi connectivity index (χ0n) is 16.8. The Hall–Kier alpha value is 0.230. The van der Waals surface area contributed by atoms with Crippen LogP contribution in [0.1, 0.15) is 27.7 Å². The van der Waals surface area contributed by atoms with E-state index in [1.54, 1.807) is 0 Å². The molecule has 1 unspecified atom stereocenters. The fourth-order valence-electron chi connectivity index (χ4n) is 3.03. The molecule has 0 saturated heterocycles. The van der Waals surface area contributed by atoms with Crippen LogP contribution in [0.3, 0.4) is 0 Å². The molecule has 0 N–H and O–H groups in total. The summed E-state index contributed by atoms with van der Waals surface area (Å²) in [6.45, 7) is 12.0. The molecule has 0 amide bonds. The Morgan fingerprint density at radius 3 is 1.54 bits per heavy atom. The Labute approximate surface area is 149 Å². The SMILES string of the molecule is CCP(CC)(CC)(CC)OP(=O)(OP(C)(C)(C)C)c1ccccc1. The van der Waals surface area contributed by atoms with Crippen LogP contribution in [-0.4, -0.2) is 51.3 Å². The van der Waals surface area contributed by atoms with Gasteiger partial charge in [-0.2, -0.15) is 0 Å². The minimum atomic E-state index is -3.40. The molecule has 0 bridgehead atoms. The summed E-state index contributed by atoms with van der Waals surface area (Å²) in [6, 6.07) is 9.51. The monoisotopic (exact) mass is 394 g/mol.